The predicted molar refractivity (Wildman–Crippen MR) is 122 cm³/mol. The maximum absolute atomic E-state index is 13.2. The van der Waals surface area contributed by atoms with E-state index in [1.807, 2.05) is 23.1 Å². The highest BCUT2D eigenvalue weighted by Gasteiger charge is 2.38. The summed E-state index contributed by atoms with van der Waals surface area (Å²) in [6.07, 6.45) is 3.64. The Balaban J connectivity index is 1.48. The minimum Gasteiger partial charge on any atom is -0.493 e. The summed E-state index contributed by atoms with van der Waals surface area (Å²) in [4.78, 5) is 33.3. The molecule has 5 rings (SSSR count). The number of hydrogen-bond acceptors (Lipinski definition) is 6. The van der Waals surface area contributed by atoms with E-state index in [1.165, 1.54) is 11.8 Å². The van der Waals surface area contributed by atoms with Gasteiger partial charge in [0.2, 0.25) is 0 Å². The first-order chi connectivity index (χ1) is 15.6. The zero-order valence-electron chi connectivity index (χ0n) is 17.6. The molecule has 8 heteroatoms. The van der Waals surface area contributed by atoms with Crippen LogP contribution in [0.2, 0.25) is 0 Å². The van der Waals surface area contributed by atoms with Gasteiger partial charge in [-0.3, -0.25) is 9.59 Å². The molecule has 2 amide bonds. The molecule has 1 aromatic heterocycles. The molecule has 0 spiro atoms. The fraction of sp³-hybridized carbons (Fsp3) is 0.208. The number of aromatic nitrogens is 1. The van der Waals surface area contributed by atoms with Crippen LogP contribution < -0.4 is 19.7 Å². The molecule has 32 heavy (non-hydrogen) atoms. The molecule has 1 saturated carbocycles. The van der Waals surface area contributed by atoms with Crippen molar-refractivity contribution in [1.82, 2.24) is 4.98 Å². The van der Waals surface area contributed by atoms with Crippen molar-refractivity contribution < 1.29 is 19.1 Å². The van der Waals surface area contributed by atoms with Crippen LogP contribution in [-0.4, -0.2) is 37.1 Å². The van der Waals surface area contributed by atoms with Gasteiger partial charge in [-0.25, -0.2) is 4.98 Å². The second-order valence-electron chi connectivity index (χ2n) is 7.57. The minimum atomic E-state index is -0.254. The van der Waals surface area contributed by atoms with Gasteiger partial charge in [0.25, 0.3) is 11.8 Å². The van der Waals surface area contributed by atoms with E-state index in [4.69, 9.17) is 9.47 Å². The van der Waals surface area contributed by atoms with Crippen molar-refractivity contribution in [3.05, 3.63) is 65.9 Å². The first-order valence-electron chi connectivity index (χ1n) is 10.2. The van der Waals surface area contributed by atoms with Crippen LogP contribution >= 0.6 is 11.8 Å². The SMILES string of the molecule is COc1ccc(NC(=O)c2ccc3c(c2)Sc2ncccc2C(=O)N3C2CC2)cc1OC. The number of carbonyl (C=O) groups excluding carboxylic acids is 2. The van der Waals surface area contributed by atoms with Crippen molar-refractivity contribution in [1.29, 1.82) is 0 Å². The molecule has 1 aliphatic carbocycles. The molecule has 7 nitrogen and oxygen atoms in total. The molecule has 0 atom stereocenters. The second kappa shape index (κ2) is 8.20. The standard InChI is InChI=1S/C24H21N3O4S/c1-30-19-10-6-15(13-20(19)31-2)26-22(28)14-5-9-18-21(12-14)32-23-17(4-3-11-25-23)24(29)27(18)16-7-8-16/h3-6,9-13,16H,7-8H2,1-2H3,(H,26,28). The first-order valence-corrected chi connectivity index (χ1v) is 11.0. The van der Waals surface area contributed by atoms with E-state index in [-0.39, 0.29) is 17.9 Å². The maximum Gasteiger partial charge on any atom is 0.261 e. The fourth-order valence-electron chi connectivity index (χ4n) is 3.73. The molecule has 0 bridgehead atoms. The molecular weight excluding hydrogens is 426 g/mol. The van der Waals surface area contributed by atoms with Gasteiger partial charge in [0.1, 0.15) is 5.03 Å². The third kappa shape index (κ3) is 3.67. The van der Waals surface area contributed by atoms with Crippen LogP contribution in [0.15, 0.2) is 64.6 Å². The molecule has 2 heterocycles. The first kappa shape index (κ1) is 20.4. The zero-order valence-corrected chi connectivity index (χ0v) is 18.4. The molecule has 162 valence electrons. The molecular formula is C24H21N3O4S. The van der Waals surface area contributed by atoms with E-state index in [9.17, 15) is 9.59 Å². The predicted octanol–water partition coefficient (Wildman–Crippen LogP) is 4.62. The molecule has 1 aliphatic heterocycles. The Morgan fingerprint density at radius 3 is 2.66 bits per heavy atom. The molecule has 2 aliphatic rings. The summed E-state index contributed by atoms with van der Waals surface area (Å²) in [5.74, 6) is 0.826. The third-order valence-electron chi connectivity index (χ3n) is 5.46. The molecule has 2 aromatic carbocycles. The number of benzene rings is 2. The molecule has 1 fully saturated rings. The largest absolute Gasteiger partial charge is 0.493 e. The number of fused-ring (bicyclic) bond motifs is 2. The average molecular weight is 448 g/mol. The van der Waals surface area contributed by atoms with Crippen LogP contribution in [0, 0.1) is 0 Å². The molecule has 1 N–H and O–H groups in total. The fourth-order valence-corrected chi connectivity index (χ4v) is 4.77. The minimum absolute atomic E-state index is 0.0376. The number of methoxy groups -OCH3 is 2. The van der Waals surface area contributed by atoms with Crippen LogP contribution in [0.25, 0.3) is 0 Å². The lowest BCUT2D eigenvalue weighted by Crippen LogP contribution is -2.33. The number of nitrogens with zero attached hydrogens (tertiary/aromatic N) is 2. The van der Waals surface area contributed by atoms with E-state index in [0.29, 0.717) is 33.3 Å². The number of carbonyl (C=O) groups is 2. The summed E-state index contributed by atoms with van der Waals surface area (Å²) in [5.41, 5.74) is 2.51. The van der Waals surface area contributed by atoms with Gasteiger partial charge in [-0.05, 0) is 55.3 Å². The number of ether oxygens (including phenoxy) is 2. The lowest BCUT2D eigenvalue weighted by molar-refractivity contribution is 0.0981. The Morgan fingerprint density at radius 1 is 1.09 bits per heavy atom. The maximum atomic E-state index is 13.2. The number of pyridine rings is 1. The molecule has 0 unspecified atom stereocenters. The van der Waals surface area contributed by atoms with E-state index in [2.05, 4.69) is 10.3 Å². The summed E-state index contributed by atoms with van der Waals surface area (Å²) in [6.45, 7) is 0. The summed E-state index contributed by atoms with van der Waals surface area (Å²) in [5, 5.41) is 3.55. The van der Waals surface area contributed by atoms with Gasteiger partial charge in [-0.1, -0.05) is 11.8 Å². The van der Waals surface area contributed by atoms with Crippen molar-refractivity contribution in [2.45, 2.75) is 28.8 Å². The summed E-state index contributed by atoms with van der Waals surface area (Å²) >= 11 is 1.41. The van der Waals surface area contributed by atoms with Crippen molar-refractivity contribution in [2.24, 2.45) is 0 Å². The van der Waals surface area contributed by atoms with Gasteiger partial charge in [-0.2, -0.15) is 0 Å². The van der Waals surface area contributed by atoms with E-state index in [1.54, 1.807) is 50.7 Å². The van der Waals surface area contributed by atoms with Gasteiger partial charge >= 0.3 is 0 Å². The summed E-state index contributed by atoms with van der Waals surface area (Å²) in [7, 11) is 3.11. The van der Waals surface area contributed by atoms with E-state index < -0.39 is 0 Å². The lowest BCUT2D eigenvalue weighted by atomic mass is 10.1. The quantitative estimate of drug-likeness (QED) is 0.615. The zero-order chi connectivity index (χ0) is 22.2. The average Bonchev–Trinajstić information content (AvgIpc) is 3.65. The monoisotopic (exact) mass is 447 g/mol. The van der Waals surface area contributed by atoms with Crippen LogP contribution in [0.1, 0.15) is 33.6 Å². The highest BCUT2D eigenvalue weighted by Crippen LogP contribution is 2.45. The summed E-state index contributed by atoms with van der Waals surface area (Å²) < 4.78 is 10.6. The van der Waals surface area contributed by atoms with Gasteiger partial charge in [0.05, 0.1) is 25.5 Å². The van der Waals surface area contributed by atoms with Gasteiger partial charge in [0.15, 0.2) is 11.5 Å². The van der Waals surface area contributed by atoms with Crippen LogP contribution in [0.5, 0.6) is 11.5 Å². The molecule has 0 radical (unpaired) electrons. The summed E-state index contributed by atoms with van der Waals surface area (Å²) in [6, 6.07) is 14.4. The van der Waals surface area contributed by atoms with Gasteiger partial charge in [0, 0.05) is 34.5 Å². The Labute approximate surface area is 189 Å². The Kier molecular flexibility index (Phi) is 5.22. The van der Waals surface area contributed by atoms with E-state index >= 15 is 0 Å². The van der Waals surface area contributed by atoms with Crippen LogP contribution in [0.4, 0.5) is 11.4 Å². The Bertz CT molecular complexity index is 1230. The normalized spacial score (nSPS) is 14.8. The number of anilines is 2. The Hall–Kier alpha value is -3.52. The third-order valence-corrected chi connectivity index (χ3v) is 6.53. The van der Waals surface area contributed by atoms with Gasteiger partial charge < -0.3 is 19.7 Å². The number of nitrogens with one attached hydrogen (secondary N) is 1. The van der Waals surface area contributed by atoms with Crippen LogP contribution in [0.3, 0.4) is 0 Å². The van der Waals surface area contributed by atoms with Crippen molar-refractivity contribution in [3.63, 3.8) is 0 Å². The van der Waals surface area contributed by atoms with Crippen molar-refractivity contribution >= 4 is 35.0 Å². The smallest absolute Gasteiger partial charge is 0.261 e. The van der Waals surface area contributed by atoms with E-state index in [0.717, 1.165) is 23.4 Å². The number of amides is 2. The van der Waals surface area contributed by atoms with Gasteiger partial charge in [-0.15, -0.1) is 0 Å². The number of rotatable bonds is 5. The molecule has 3 aromatic rings. The molecule has 0 saturated heterocycles. The Morgan fingerprint density at radius 2 is 1.91 bits per heavy atom. The number of hydrogen-bond donors (Lipinski definition) is 1. The van der Waals surface area contributed by atoms with Crippen molar-refractivity contribution in [3.8, 4) is 11.5 Å². The highest BCUT2D eigenvalue weighted by atomic mass is 32.2. The second-order valence-corrected chi connectivity index (χ2v) is 8.60. The lowest BCUT2D eigenvalue weighted by Gasteiger charge is -2.23. The van der Waals surface area contributed by atoms with Crippen LogP contribution in [-0.2, 0) is 0 Å². The topological polar surface area (TPSA) is 80.8 Å². The highest BCUT2D eigenvalue weighted by molar-refractivity contribution is 7.99. The van der Waals surface area contributed by atoms with Crippen molar-refractivity contribution in [2.75, 3.05) is 24.4 Å².